The van der Waals surface area contributed by atoms with Gasteiger partial charge >= 0.3 is 0 Å². The molecule has 0 aromatic carbocycles. The lowest BCUT2D eigenvalue weighted by atomic mass is 10.3. The zero-order chi connectivity index (χ0) is 15.4. The van der Waals surface area contributed by atoms with Gasteiger partial charge in [-0.3, -0.25) is 0 Å². The lowest BCUT2D eigenvalue weighted by Crippen LogP contribution is -2.28. The van der Waals surface area contributed by atoms with Gasteiger partial charge in [0.1, 0.15) is 0 Å². The molecule has 0 spiro atoms. The molecule has 5 heteroatoms. The number of hydrogen-bond donors (Lipinski definition) is 0. The van der Waals surface area contributed by atoms with Crippen molar-refractivity contribution in [2.45, 2.75) is 59.0 Å². The van der Waals surface area contributed by atoms with E-state index < -0.39 is 0 Å². The van der Waals surface area contributed by atoms with E-state index in [1.165, 1.54) is 0 Å². The Morgan fingerprint density at radius 1 is 0.600 bits per heavy atom. The van der Waals surface area contributed by atoms with Gasteiger partial charge in [-0.25, -0.2) is 0 Å². The normalized spacial score (nSPS) is 17.7. The molecule has 0 aliphatic rings. The highest BCUT2D eigenvalue weighted by Gasteiger charge is 2.11. The third-order valence-corrected chi connectivity index (χ3v) is 2.70. The first-order valence-electron chi connectivity index (χ1n) is 7.44. The minimum Gasteiger partial charge on any atom is -0.382 e. The quantitative estimate of drug-likeness (QED) is 0.521. The second-order valence-electron chi connectivity index (χ2n) is 5.15. The topological polar surface area (TPSA) is 46.2 Å². The van der Waals surface area contributed by atoms with Crippen LogP contribution < -0.4 is 0 Å². The molecule has 0 radical (unpaired) electrons. The van der Waals surface area contributed by atoms with Crippen molar-refractivity contribution >= 4 is 0 Å². The monoisotopic (exact) mass is 292 g/mol. The van der Waals surface area contributed by atoms with Crippen molar-refractivity contribution in [2.24, 2.45) is 0 Å². The van der Waals surface area contributed by atoms with Crippen LogP contribution in [-0.2, 0) is 23.7 Å². The average Bonchev–Trinajstić information content (AvgIpc) is 2.41. The van der Waals surface area contributed by atoms with Crippen molar-refractivity contribution in [3.05, 3.63) is 0 Å². The Morgan fingerprint density at radius 2 is 0.950 bits per heavy atom. The predicted octanol–water partition coefficient (Wildman–Crippen LogP) is 2.27. The molecule has 0 aromatic heterocycles. The Bertz CT molecular complexity index is 190. The Labute approximate surface area is 123 Å². The fraction of sp³-hybridized carbons (Fsp3) is 1.00. The molecular weight excluding hydrogens is 260 g/mol. The van der Waals surface area contributed by atoms with Crippen LogP contribution in [0.3, 0.4) is 0 Å². The molecular formula is C15H32O5. The standard InChI is InChI=1S/C15H32O5/c1-7-17-13(3)9-19-15(5)11-20-14(4)10-18-12(2)8-16-6/h12-15H,7-11H2,1-6H3. The number of methoxy groups -OCH3 is 1. The average molecular weight is 292 g/mol. The van der Waals surface area contributed by atoms with E-state index in [1.807, 2.05) is 34.6 Å². The van der Waals surface area contributed by atoms with Crippen molar-refractivity contribution < 1.29 is 23.7 Å². The molecule has 0 amide bonds. The van der Waals surface area contributed by atoms with Crippen LogP contribution >= 0.6 is 0 Å². The van der Waals surface area contributed by atoms with Crippen molar-refractivity contribution in [2.75, 3.05) is 40.1 Å². The predicted molar refractivity (Wildman–Crippen MR) is 79.2 cm³/mol. The molecule has 0 aromatic rings. The van der Waals surface area contributed by atoms with Gasteiger partial charge in [-0.1, -0.05) is 0 Å². The van der Waals surface area contributed by atoms with E-state index in [4.69, 9.17) is 23.7 Å². The molecule has 5 nitrogen and oxygen atoms in total. The van der Waals surface area contributed by atoms with Crippen molar-refractivity contribution in [1.82, 2.24) is 0 Å². The van der Waals surface area contributed by atoms with E-state index >= 15 is 0 Å². The van der Waals surface area contributed by atoms with Gasteiger partial charge in [0.15, 0.2) is 0 Å². The lowest BCUT2D eigenvalue weighted by molar-refractivity contribution is -0.0897. The van der Waals surface area contributed by atoms with Crippen LogP contribution in [0, 0.1) is 0 Å². The summed E-state index contributed by atoms with van der Waals surface area (Å²) in [5, 5.41) is 0. The SMILES string of the molecule is CCOC(C)COC(C)COC(C)COC(C)COC. The second kappa shape index (κ2) is 12.5. The van der Waals surface area contributed by atoms with Crippen LogP contribution in [0.1, 0.15) is 34.6 Å². The summed E-state index contributed by atoms with van der Waals surface area (Å²) in [5.74, 6) is 0. The summed E-state index contributed by atoms with van der Waals surface area (Å²) >= 11 is 0. The summed E-state index contributed by atoms with van der Waals surface area (Å²) in [7, 11) is 1.67. The van der Waals surface area contributed by atoms with E-state index in [0.29, 0.717) is 33.0 Å². The van der Waals surface area contributed by atoms with Crippen LogP contribution in [0.15, 0.2) is 0 Å². The zero-order valence-electron chi connectivity index (χ0n) is 13.9. The van der Waals surface area contributed by atoms with E-state index in [1.54, 1.807) is 7.11 Å². The largest absolute Gasteiger partial charge is 0.382 e. The van der Waals surface area contributed by atoms with Gasteiger partial charge in [0.05, 0.1) is 50.8 Å². The van der Waals surface area contributed by atoms with Crippen LogP contribution in [0.25, 0.3) is 0 Å². The minimum absolute atomic E-state index is 0.0460. The molecule has 0 heterocycles. The molecule has 0 bridgehead atoms. The maximum atomic E-state index is 5.69. The summed E-state index contributed by atoms with van der Waals surface area (Å²) in [6.07, 6.45) is 0.311. The minimum atomic E-state index is 0.0460. The fourth-order valence-electron chi connectivity index (χ4n) is 1.61. The summed E-state index contributed by atoms with van der Waals surface area (Å²) in [5.41, 5.74) is 0. The Morgan fingerprint density at radius 3 is 1.30 bits per heavy atom. The molecule has 0 fully saturated rings. The summed E-state index contributed by atoms with van der Waals surface area (Å²) in [6.45, 7) is 13.0. The van der Waals surface area contributed by atoms with Crippen molar-refractivity contribution in [3.8, 4) is 0 Å². The van der Waals surface area contributed by atoms with Gasteiger partial charge in [-0.15, -0.1) is 0 Å². The third-order valence-electron chi connectivity index (χ3n) is 2.70. The third kappa shape index (κ3) is 11.6. The van der Waals surface area contributed by atoms with Gasteiger partial charge in [-0.2, -0.15) is 0 Å². The van der Waals surface area contributed by atoms with E-state index in [9.17, 15) is 0 Å². The first kappa shape index (κ1) is 19.8. The summed E-state index contributed by atoms with van der Waals surface area (Å²) < 4.78 is 27.4. The second-order valence-corrected chi connectivity index (χ2v) is 5.15. The summed E-state index contributed by atoms with van der Waals surface area (Å²) in [6, 6.07) is 0. The molecule has 0 saturated carbocycles. The van der Waals surface area contributed by atoms with E-state index in [-0.39, 0.29) is 24.4 Å². The highest BCUT2D eigenvalue weighted by atomic mass is 16.6. The van der Waals surface area contributed by atoms with Crippen LogP contribution in [-0.4, -0.2) is 64.6 Å². The molecule has 122 valence electrons. The maximum Gasteiger partial charge on any atom is 0.0781 e. The van der Waals surface area contributed by atoms with E-state index in [2.05, 4.69) is 0 Å². The van der Waals surface area contributed by atoms with Gasteiger partial charge in [-0.05, 0) is 34.6 Å². The fourth-order valence-corrected chi connectivity index (χ4v) is 1.61. The van der Waals surface area contributed by atoms with Crippen LogP contribution in [0.2, 0.25) is 0 Å². The first-order valence-corrected chi connectivity index (χ1v) is 7.44. The van der Waals surface area contributed by atoms with Gasteiger partial charge in [0.25, 0.3) is 0 Å². The smallest absolute Gasteiger partial charge is 0.0781 e. The molecule has 20 heavy (non-hydrogen) atoms. The van der Waals surface area contributed by atoms with E-state index in [0.717, 1.165) is 0 Å². The van der Waals surface area contributed by atoms with Crippen LogP contribution in [0.4, 0.5) is 0 Å². The Kier molecular flexibility index (Phi) is 12.4. The van der Waals surface area contributed by atoms with Gasteiger partial charge < -0.3 is 23.7 Å². The van der Waals surface area contributed by atoms with Crippen LogP contribution in [0.5, 0.6) is 0 Å². The lowest BCUT2D eigenvalue weighted by Gasteiger charge is -2.21. The number of ether oxygens (including phenoxy) is 5. The molecule has 0 rings (SSSR count). The number of rotatable bonds is 13. The zero-order valence-corrected chi connectivity index (χ0v) is 13.9. The Hall–Kier alpha value is -0.200. The molecule has 0 saturated heterocycles. The highest BCUT2D eigenvalue weighted by Crippen LogP contribution is 2.02. The van der Waals surface area contributed by atoms with Gasteiger partial charge in [0, 0.05) is 13.7 Å². The van der Waals surface area contributed by atoms with Crippen molar-refractivity contribution in [1.29, 1.82) is 0 Å². The molecule has 0 N–H and O–H groups in total. The molecule has 4 atom stereocenters. The molecule has 0 aliphatic carbocycles. The summed E-state index contributed by atoms with van der Waals surface area (Å²) in [4.78, 5) is 0. The highest BCUT2D eigenvalue weighted by molar-refractivity contribution is 4.56. The Balaban J connectivity index is 3.59. The van der Waals surface area contributed by atoms with Gasteiger partial charge in [0.2, 0.25) is 0 Å². The first-order chi connectivity index (χ1) is 9.49. The molecule has 4 unspecified atom stereocenters. The maximum absolute atomic E-state index is 5.69. The number of hydrogen-bond acceptors (Lipinski definition) is 5. The molecule has 0 aliphatic heterocycles. The van der Waals surface area contributed by atoms with Crippen molar-refractivity contribution in [3.63, 3.8) is 0 Å².